The molecule has 1 rings (SSSR count). The first-order valence-electron chi connectivity index (χ1n) is 6.41. The van der Waals surface area contributed by atoms with E-state index in [0.29, 0.717) is 4.08 Å². The van der Waals surface area contributed by atoms with Crippen molar-refractivity contribution in [2.24, 2.45) is 0 Å². The lowest BCUT2D eigenvalue weighted by molar-refractivity contribution is 0.199. The zero-order chi connectivity index (χ0) is 17.7. The summed E-state index contributed by atoms with van der Waals surface area (Å²) in [6.45, 7) is 2.89. The fourth-order valence-electron chi connectivity index (χ4n) is 1.58. The summed E-state index contributed by atoms with van der Waals surface area (Å²) in [5.41, 5.74) is 0. The summed E-state index contributed by atoms with van der Waals surface area (Å²) in [6, 6.07) is 7.22. The zero-order valence-electron chi connectivity index (χ0n) is 12.3. The van der Waals surface area contributed by atoms with Gasteiger partial charge in [0.15, 0.2) is 5.16 Å². The highest BCUT2D eigenvalue weighted by atomic mass is 35.5. The number of rotatable bonds is 8. The lowest BCUT2D eigenvalue weighted by atomic mass is 10.4. The monoisotopic (exact) mass is 421 g/mol. The molecule has 0 atom stereocenters. The first-order chi connectivity index (χ1) is 10.7. The lowest BCUT2D eigenvalue weighted by Gasteiger charge is -2.29. The van der Waals surface area contributed by atoms with E-state index in [0.717, 1.165) is 0 Å². The molecule has 11 heteroatoms. The van der Waals surface area contributed by atoms with Gasteiger partial charge >= 0.3 is 7.75 Å². The Hall–Kier alpha value is -0.270. The van der Waals surface area contributed by atoms with Gasteiger partial charge in [0.05, 0.1) is 18.1 Å². The zero-order valence-corrected chi connectivity index (χ0v) is 16.3. The lowest BCUT2D eigenvalue weighted by Crippen LogP contribution is -2.28. The minimum absolute atomic E-state index is 0.0812. The maximum Gasteiger partial charge on any atom is 0.450 e. The van der Waals surface area contributed by atoms with Crippen molar-refractivity contribution in [1.82, 2.24) is 4.08 Å². The third-order valence-corrected chi connectivity index (χ3v) is 8.09. The minimum atomic E-state index is -4.39. The fraction of sp³-hybridized carbons (Fsp3) is 0.333. The second-order valence-electron chi connectivity index (χ2n) is 3.92. The third-order valence-electron chi connectivity index (χ3n) is 2.40. The molecule has 0 unspecified atom stereocenters. The molecule has 0 spiro atoms. The molecule has 0 amide bonds. The summed E-state index contributed by atoms with van der Waals surface area (Å²) in [6.07, 6.45) is 0. The van der Waals surface area contributed by atoms with Crippen LogP contribution in [0.4, 0.5) is 0 Å². The molecule has 1 aromatic carbocycles. The standard InChI is InChI=1S/C12H15Cl3NO5PS/c1-3-20-22(17,21-4-2)16(12(15)11(13)14)23(18,19)10-8-6-5-7-9-10/h5-9H,3-4H2,1-2H3. The van der Waals surface area contributed by atoms with Crippen molar-refractivity contribution in [3.63, 3.8) is 0 Å². The molecular weight excluding hydrogens is 408 g/mol. The Morgan fingerprint density at radius 3 is 1.96 bits per heavy atom. The van der Waals surface area contributed by atoms with Crippen molar-refractivity contribution in [2.45, 2.75) is 18.7 Å². The van der Waals surface area contributed by atoms with Gasteiger partial charge in [-0.2, -0.15) is 4.08 Å². The molecule has 0 saturated carbocycles. The van der Waals surface area contributed by atoms with Crippen LogP contribution in [0.2, 0.25) is 0 Å². The molecule has 0 radical (unpaired) electrons. The maximum absolute atomic E-state index is 12.9. The summed E-state index contributed by atoms with van der Waals surface area (Å²) in [7, 11) is -8.73. The molecule has 0 saturated heterocycles. The SMILES string of the molecule is CCOP(=O)(OCC)N(C(Cl)=C(Cl)Cl)S(=O)(=O)c1ccccc1. The Morgan fingerprint density at radius 2 is 1.57 bits per heavy atom. The summed E-state index contributed by atoms with van der Waals surface area (Å²) in [4.78, 5) is -0.174. The van der Waals surface area contributed by atoms with Crippen LogP contribution >= 0.6 is 42.5 Å². The van der Waals surface area contributed by atoms with Crippen LogP contribution in [0, 0.1) is 0 Å². The van der Waals surface area contributed by atoms with Gasteiger partial charge in [-0.25, -0.2) is 13.0 Å². The number of hydrogen-bond donors (Lipinski definition) is 0. The average Bonchev–Trinajstić information content (AvgIpc) is 2.48. The third kappa shape index (κ3) is 4.86. The predicted molar refractivity (Wildman–Crippen MR) is 90.9 cm³/mol. The molecular formula is C12H15Cl3NO5PS. The van der Waals surface area contributed by atoms with Gasteiger partial charge in [-0.3, -0.25) is 9.05 Å². The van der Waals surface area contributed by atoms with Crippen molar-refractivity contribution in [2.75, 3.05) is 13.2 Å². The van der Waals surface area contributed by atoms with Gasteiger partial charge in [0.2, 0.25) is 0 Å². The Balaban J connectivity index is 3.60. The van der Waals surface area contributed by atoms with Crippen LogP contribution in [-0.2, 0) is 23.6 Å². The van der Waals surface area contributed by atoms with Gasteiger partial charge in [0.25, 0.3) is 10.0 Å². The molecule has 0 aliphatic rings. The molecule has 0 fully saturated rings. The molecule has 1 aromatic rings. The first-order valence-corrected chi connectivity index (χ1v) is 10.5. The smallest absolute Gasteiger partial charge is 0.292 e. The molecule has 0 aromatic heterocycles. The van der Waals surface area contributed by atoms with E-state index in [1.807, 2.05) is 0 Å². The largest absolute Gasteiger partial charge is 0.450 e. The van der Waals surface area contributed by atoms with Crippen molar-refractivity contribution in [1.29, 1.82) is 0 Å². The van der Waals surface area contributed by atoms with E-state index in [1.165, 1.54) is 38.1 Å². The van der Waals surface area contributed by atoms with Gasteiger partial charge in [0.1, 0.15) is 4.49 Å². The molecule has 23 heavy (non-hydrogen) atoms. The van der Waals surface area contributed by atoms with Crippen LogP contribution in [-0.4, -0.2) is 25.7 Å². The molecule has 0 bridgehead atoms. The van der Waals surface area contributed by atoms with E-state index in [-0.39, 0.29) is 18.1 Å². The Bertz CT molecular complexity index is 697. The van der Waals surface area contributed by atoms with E-state index in [2.05, 4.69) is 0 Å². The fourth-order valence-corrected chi connectivity index (χ4v) is 6.39. The van der Waals surface area contributed by atoms with Gasteiger partial charge in [-0.1, -0.05) is 53.0 Å². The maximum atomic E-state index is 12.9. The first kappa shape index (κ1) is 20.8. The number of benzene rings is 1. The molecule has 0 aliphatic carbocycles. The van der Waals surface area contributed by atoms with E-state index < -0.39 is 27.4 Å². The quantitative estimate of drug-likeness (QED) is 0.448. The highest BCUT2D eigenvalue weighted by Gasteiger charge is 2.45. The average molecular weight is 423 g/mol. The second kappa shape index (κ2) is 8.72. The number of sulfonamides is 1. The summed E-state index contributed by atoms with van der Waals surface area (Å²) in [5, 5.41) is -0.678. The number of hydrogen-bond acceptors (Lipinski definition) is 5. The highest BCUT2D eigenvalue weighted by Crippen LogP contribution is 2.58. The minimum Gasteiger partial charge on any atom is -0.292 e. The molecule has 0 heterocycles. The highest BCUT2D eigenvalue weighted by molar-refractivity contribution is 7.94. The van der Waals surface area contributed by atoms with Crippen LogP contribution in [0.3, 0.4) is 0 Å². The van der Waals surface area contributed by atoms with Gasteiger partial charge in [0, 0.05) is 0 Å². The summed E-state index contributed by atoms with van der Waals surface area (Å²) >= 11 is 17.1. The van der Waals surface area contributed by atoms with Gasteiger partial charge in [-0.05, 0) is 26.0 Å². The number of halogens is 3. The van der Waals surface area contributed by atoms with Crippen LogP contribution in [0.5, 0.6) is 0 Å². The van der Waals surface area contributed by atoms with E-state index in [9.17, 15) is 13.0 Å². The number of nitrogens with zero attached hydrogens (tertiary/aromatic N) is 1. The van der Waals surface area contributed by atoms with Crippen molar-refractivity contribution in [3.05, 3.63) is 40.0 Å². The van der Waals surface area contributed by atoms with Gasteiger partial charge in [-0.15, -0.1) is 0 Å². The molecule has 130 valence electrons. The van der Waals surface area contributed by atoms with Crippen LogP contribution in [0.15, 0.2) is 44.9 Å². The van der Waals surface area contributed by atoms with E-state index in [1.54, 1.807) is 6.07 Å². The van der Waals surface area contributed by atoms with E-state index in [4.69, 9.17) is 43.9 Å². The summed E-state index contributed by atoms with van der Waals surface area (Å²) < 4.78 is 48.4. The molecule has 0 N–H and O–H groups in total. The van der Waals surface area contributed by atoms with Gasteiger partial charge < -0.3 is 0 Å². The van der Waals surface area contributed by atoms with Crippen molar-refractivity contribution in [3.8, 4) is 0 Å². The molecule has 0 aliphatic heterocycles. The van der Waals surface area contributed by atoms with E-state index >= 15 is 0 Å². The van der Waals surface area contributed by atoms with Crippen molar-refractivity contribution < 1.29 is 22.0 Å². The van der Waals surface area contributed by atoms with Crippen molar-refractivity contribution >= 4 is 52.6 Å². The normalized spacial score (nSPS) is 12.0. The summed E-state index contributed by atoms with van der Waals surface area (Å²) in [5.74, 6) is 0. The second-order valence-corrected chi connectivity index (χ2v) is 9.13. The van der Waals surface area contributed by atoms with Crippen LogP contribution < -0.4 is 0 Å². The molecule has 6 nitrogen and oxygen atoms in total. The Labute approximate surface area is 150 Å². The Morgan fingerprint density at radius 1 is 1.09 bits per heavy atom. The van der Waals surface area contributed by atoms with Crippen LogP contribution in [0.25, 0.3) is 0 Å². The Kier molecular flexibility index (Phi) is 7.87. The van der Waals surface area contributed by atoms with Crippen LogP contribution in [0.1, 0.15) is 13.8 Å². The topological polar surface area (TPSA) is 72.9 Å². The predicted octanol–water partition coefficient (Wildman–Crippen LogP) is 4.70.